The van der Waals surface area contributed by atoms with Gasteiger partial charge in [0.2, 0.25) is 0 Å². The molecular weight excluding hydrogens is 320 g/mol. The Kier molecular flexibility index (Phi) is 4.17. The number of carbonyl (C=O) groups is 3. The minimum atomic E-state index is -2.15. The lowest BCUT2D eigenvalue weighted by molar-refractivity contribution is -0.166. The van der Waals surface area contributed by atoms with Crippen molar-refractivity contribution >= 4 is 17.7 Å². The van der Waals surface area contributed by atoms with Gasteiger partial charge in [0.25, 0.3) is 0 Å². The fourth-order valence-electron chi connectivity index (χ4n) is 4.12. The zero-order valence-corrected chi connectivity index (χ0v) is 13.5. The highest BCUT2D eigenvalue weighted by Crippen LogP contribution is 2.52. The molecule has 0 saturated heterocycles. The summed E-state index contributed by atoms with van der Waals surface area (Å²) < 4.78 is 0. The van der Waals surface area contributed by atoms with E-state index in [1.54, 1.807) is 48.5 Å². The minimum Gasteiger partial charge on any atom is -0.481 e. The fourth-order valence-corrected chi connectivity index (χ4v) is 4.12. The molecule has 0 aromatic heterocycles. The second-order valence-electron chi connectivity index (χ2n) is 6.27. The molecule has 0 amide bonds. The molecule has 0 radical (unpaired) electrons. The van der Waals surface area contributed by atoms with Crippen LogP contribution >= 0.6 is 0 Å². The quantitative estimate of drug-likeness (QED) is 0.837. The molecule has 1 fully saturated rings. The summed E-state index contributed by atoms with van der Waals surface area (Å²) in [5.74, 6) is -3.28. The summed E-state index contributed by atoms with van der Waals surface area (Å²) in [5.41, 5.74) is -3.46. The van der Waals surface area contributed by atoms with Gasteiger partial charge in [-0.1, -0.05) is 60.7 Å². The molecule has 2 aromatic rings. The molecule has 2 N–H and O–H groups in total. The van der Waals surface area contributed by atoms with Crippen molar-refractivity contribution in [2.45, 2.75) is 30.1 Å². The number of benzene rings is 2. The Hall–Kier alpha value is -2.95. The van der Waals surface area contributed by atoms with Crippen molar-refractivity contribution in [3.05, 3.63) is 71.8 Å². The zero-order valence-electron chi connectivity index (χ0n) is 13.5. The molecule has 2 unspecified atom stereocenters. The van der Waals surface area contributed by atoms with Crippen molar-refractivity contribution in [3.63, 3.8) is 0 Å². The van der Waals surface area contributed by atoms with Crippen LogP contribution in [0.2, 0.25) is 0 Å². The maximum atomic E-state index is 13.0. The van der Waals surface area contributed by atoms with Gasteiger partial charge in [-0.3, -0.25) is 14.4 Å². The first-order valence-electron chi connectivity index (χ1n) is 8.09. The van der Waals surface area contributed by atoms with Crippen molar-refractivity contribution in [1.82, 2.24) is 0 Å². The van der Waals surface area contributed by atoms with Crippen LogP contribution in [-0.4, -0.2) is 27.9 Å². The van der Waals surface area contributed by atoms with Crippen molar-refractivity contribution in [1.29, 1.82) is 0 Å². The highest BCUT2D eigenvalue weighted by atomic mass is 16.4. The van der Waals surface area contributed by atoms with Crippen molar-refractivity contribution < 1.29 is 24.6 Å². The van der Waals surface area contributed by atoms with Crippen LogP contribution in [0.5, 0.6) is 0 Å². The Morgan fingerprint density at radius 1 is 0.800 bits per heavy atom. The Bertz CT molecular complexity index is 814. The van der Waals surface area contributed by atoms with Gasteiger partial charge in [0, 0.05) is 6.42 Å². The van der Waals surface area contributed by atoms with Crippen LogP contribution in [0, 0.1) is 0 Å². The van der Waals surface area contributed by atoms with Crippen LogP contribution in [0.15, 0.2) is 60.7 Å². The number of hydrogen-bond acceptors (Lipinski definition) is 3. The van der Waals surface area contributed by atoms with Crippen LogP contribution in [0.3, 0.4) is 0 Å². The first kappa shape index (κ1) is 16.9. The van der Waals surface area contributed by atoms with E-state index in [4.69, 9.17) is 0 Å². The van der Waals surface area contributed by atoms with Gasteiger partial charge < -0.3 is 10.2 Å². The zero-order chi connectivity index (χ0) is 18.1. The normalized spacial score (nSPS) is 26.2. The third kappa shape index (κ3) is 2.19. The van der Waals surface area contributed by atoms with Gasteiger partial charge in [-0.2, -0.15) is 0 Å². The van der Waals surface area contributed by atoms with Gasteiger partial charge in [-0.25, -0.2) is 0 Å². The number of rotatable bonds is 4. The van der Waals surface area contributed by atoms with E-state index in [-0.39, 0.29) is 18.4 Å². The van der Waals surface area contributed by atoms with Crippen LogP contribution < -0.4 is 0 Å². The second kappa shape index (κ2) is 6.16. The molecule has 1 saturated carbocycles. The average molecular weight is 338 g/mol. The molecule has 0 heterocycles. The lowest BCUT2D eigenvalue weighted by Crippen LogP contribution is -2.65. The first-order valence-corrected chi connectivity index (χ1v) is 8.09. The van der Waals surface area contributed by atoms with Crippen LogP contribution in [0.25, 0.3) is 0 Å². The predicted octanol–water partition coefficient (Wildman–Crippen LogP) is 2.78. The lowest BCUT2D eigenvalue weighted by Gasteiger charge is -2.47. The van der Waals surface area contributed by atoms with E-state index in [1.165, 1.54) is 12.1 Å². The summed E-state index contributed by atoms with van der Waals surface area (Å²) in [5, 5.41) is 20.4. The number of carbonyl (C=O) groups excluding carboxylic acids is 1. The van der Waals surface area contributed by atoms with Gasteiger partial charge in [0.15, 0.2) is 11.2 Å². The molecule has 0 spiro atoms. The van der Waals surface area contributed by atoms with Crippen molar-refractivity contribution in [3.8, 4) is 0 Å². The highest BCUT2D eigenvalue weighted by molar-refractivity contribution is 6.16. The number of aliphatic carboxylic acids is 2. The Balaban J connectivity index is 2.44. The molecule has 2 atom stereocenters. The SMILES string of the molecule is O=C(O)C1(c2ccccc2)CCCC(=O)C1(C(=O)O)c1ccccc1. The number of Topliss-reactive ketones (excluding diaryl/α,β-unsaturated/α-hetero) is 1. The van der Waals surface area contributed by atoms with E-state index in [1.807, 2.05) is 0 Å². The number of ketones is 1. The Labute approximate surface area is 144 Å². The molecule has 3 rings (SSSR count). The summed E-state index contributed by atoms with van der Waals surface area (Å²) in [6.07, 6.45) is 0.463. The summed E-state index contributed by atoms with van der Waals surface area (Å²) >= 11 is 0. The van der Waals surface area contributed by atoms with Crippen molar-refractivity contribution in [2.75, 3.05) is 0 Å². The van der Waals surface area contributed by atoms with Gasteiger partial charge in [-0.15, -0.1) is 0 Å². The third-order valence-corrected chi connectivity index (χ3v) is 5.17. The van der Waals surface area contributed by atoms with Crippen LogP contribution in [0.4, 0.5) is 0 Å². The standard InChI is InChI=1S/C20H18O5/c21-16-12-7-13-19(17(22)23,14-8-3-1-4-9-14)20(16,18(24)25)15-10-5-2-6-11-15/h1-6,8-11H,7,12-13H2,(H,22,23)(H,24,25). The van der Waals surface area contributed by atoms with Crippen LogP contribution in [0.1, 0.15) is 30.4 Å². The Morgan fingerprint density at radius 3 is 1.80 bits per heavy atom. The van der Waals surface area contributed by atoms with Gasteiger partial charge in [-0.05, 0) is 24.0 Å². The largest absolute Gasteiger partial charge is 0.481 e. The molecule has 0 bridgehead atoms. The summed E-state index contributed by atoms with van der Waals surface area (Å²) in [6, 6.07) is 16.2. The molecule has 1 aliphatic carbocycles. The minimum absolute atomic E-state index is 0.0447. The molecule has 128 valence electrons. The summed E-state index contributed by atoms with van der Waals surface area (Å²) in [4.78, 5) is 38.0. The third-order valence-electron chi connectivity index (χ3n) is 5.17. The lowest BCUT2D eigenvalue weighted by atomic mass is 9.50. The van der Waals surface area contributed by atoms with Crippen molar-refractivity contribution in [2.24, 2.45) is 0 Å². The van der Waals surface area contributed by atoms with E-state index in [9.17, 15) is 24.6 Å². The molecule has 5 nitrogen and oxygen atoms in total. The van der Waals surface area contributed by atoms with E-state index in [0.717, 1.165) is 0 Å². The number of carboxylic acids is 2. The van der Waals surface area contributed by atoms with Gasteiger partial charge in [0.05, 0.1) is 0 Å². The fraction of sp³-hybridized carbons (Fsp3) is 0.250. The van der Waals surface area contributed by atoms with E-state index in [2.05, 4.69) is 0 Å². The van der Waals surface area contributed by atoms with Gasteiger partial charge in [0.1, 0.15) is 5.41 Å². The van der Waals surface area contributed by atoms with Crippen LogP contribution in [-0.2, 0) is 25.2 Å². The Morgan fingerprint density at radius 2 is 1.32 bits per heavy atom. The molecule has 0 aliphatic heterocycles. The molecule has 5 heteroatoms. The smallest absolute Gasteiger partial charge is 0.323 e. The number of hydrogen-bond donors (Lipinski definition) is 2. The maximum absolute atomic E-state index is 13.0. The molecule has 25 heavy (non-hydrogen) atoms. The molecule has 1 aliphatic rings. The van der Waals surface area contributed by atoms with E-state index < -0.39 is 28.6 Å². The monoisotopic (exact) mass is 338 g/mol. The van der Waals surface area contributed by atoms with Gasteiger partial charge >= 0.3 is 11.9 Å². The molecule has 2 aromatic carbocycles. The first-order chi connectivity index (χ1) is 12.0. The van der Waals surface area contributed by atoms with E-state index in [0.29, 0.717) is 12.0 Å². The second-order valence-corrected chi connectivity index (χ2v) is 6.27. The summed E-state index contributed by atoms with van der Waals surface area (Å²) in [6.45, 7) is 0. The predicted molar refractivity (Wildman–Crippen MR) is 90.4 cm³/mol. The van der Waals surface area contributed by atoms with E-state index >= 15 is 0 Å². The topological polar surface area (TPSA) is 91.7 Å². The highest BCUT2D eigenvalue weighted by Gasteiger charge is 2.68. The summed E-state index contributed by atoms with van der Waals surface area (Å²) in [7, 11) is 0. The number of carboxylic acid groups (broad SMARTS) is 2. The average Bonchev–Trinajstić information content (AvgIpc) is 2.62. The molecular formula is C20H18O5. The maximum Gasteiger partial charge on any atom is 0.323 e.